The maximum absolute atomic E-state index is 13.2. The Hall–Kier alpha value is -1.26. The second-order valence-corrected chi connectivity index (χ2v) is 3.15. The van der Waals surface area contributed by atoms with Crippen LogP contribution in [0.5, 0.6) is 0 Å². The molecule has 0 saturated carbocycles. The first kappa shape index (κ1) is 8.34. The number of rotatable bonds is 1. The maximum Gasteiger partial charge on any atom is 0.277 e. The van der Waals surface area contributed by atoms with E-state index < -0.39 is 5.92 Å². The van der Waals surface area contributed by atoms with Gasteiger partial charge in [0.2, 0.25) is 0 Å². The molecule has 0 atom stereocenters. The molecule has 1 aromatic rings. The smallest absolute Gasteiger partial charge is 0.277 e. The third kappa shape index (κ3) is 0.993. The average molecular weight is 186 g/mol. The van der Waals surface area contributed by atoms with Crippen molar-refractivity contribution in [3.8, 4) is 0 Å². The number of aldehydes is 1. The minimum Gasteiger partial charge on any atom is -0.296 e. The number of hydrogen-bond acceptors (Lipinski definition) is 2. The number of fused-ring (bicyclic) bond motifs is 1. The molecular formula is C8H8F2N2O. The Morgan fingerprint density at radius 3 is 2.92 bits per heavy atom. The Kier molecular flexibility index (Phi) is 1.52. The van der Waals surface area contributed by atoms with E-state index in [1.54, 1.807) is 7.05 Å². The lowest BCUT2D eigenvalue weighted by Gasteiger charge is -2.06. The summed E-state index contributed by atoms with van der Waals surface area (Å²) in [6, 6.07) is 0. The van der Waals surface area contributed by atoms with Crippen LogP contribution in [-0.2, 0) is 19.4 Å². The van der Waals surface area contributed by atoms with Crippen LogP contribution < -0.4 is 0 Å². The number of nitrogens with zero attached hydrogens (tertiary/aromatic N) is 2. The van der Waals surface area contributed by atoms with Gasteiger partial charge in [-0.1, -0.05) is 0 Å². The molecule has 0 spiro atoms. The number of aryl methyl sites for hydroxylation is 1. The molecule has 0 amide bonds. The zero-order chi connectivity index (χ0) is 9.64. The van der Waals surface area contributed by atoms with E-state index >= 15 is 0 Å². The molecule has 13 heavy (non-hydrogen) atoms. The third-order valence-electron chi connectivity index (χ3n) is 2.35. The lowest BCUT2D eigenvalue weighted by Crippen LogP contribution is -2.09. The summed E-state index contributed by atoms with van der Waals surface area (Å²) in [4.78, 5) is 10.5. The van der Waals surface area contributed by atoms with Crippen LogP contribution in [-0.4, -0.2) is 16.1 Å². The first-order valence-corrected chi connectivity index (χ1v) is 3.95. The molecule has 0 fully saturated rings. The summed E-state index contributed by atoms with van der Waals surface area (Å²) in [5.41, 5.74) is 0.178. The molecule has 0 bridgehead atoms. The minimum absolute atomic E-state index is 0.125. The van der Waals surface area contributed by atoms with E-state index in [2.05, 4.69) is 5.10 Å². The van der Waals surface area contributed by atoms with Gasteiger partial charge in [-0.05, 0) is 6.42 Å². The Morgan fingerprint density at radius 2 is 2.31 bits per heavy atom. The molecule has 5 heteroatoms. The van der Waals surface area contributed by atoms with Crippen molar-refractivity contribution < 1.29 is 13.6 Å². The van der Waals surface area contributed by atoms with Crippen LogP contribution in [0.25, 0.3) is 0 Å². The fourth-order valence-corrected chi connectivity index (χ4v) is 1.75. The fourth-order valence-electron chi connectivity index (χ4n) is 1.75. The highest BCUT2D eigenvalue weighted by Gasteiger charge is 2.44. The van der Waals surface area contributed by atoms with E-state index in [0.29, 0.717) is 18.4 Å². The summed E-state index contributed by atoms with van der Waals surface area (Å²) < 4.78 is 27.7. The molecule has 1 aliphatic carbocycles. The van der Waals surface area contributed by atoms with Crippen LogP contribution in [0.15, 0.2) is 0 Å². The molecule has 3 nitrogen and oxygen atoms in total. The normalized spacial score (nSPS) is 18.7. The molecule has 0 N–H and O–H groups in total. The second-order valence-electron chi connectivity index (χ2n) is 3.15. The number of carbonyl (C=O) groups excluding carboxylic acids is 1. The molecule has 0 saturated heterocycles. The molecule has 0 aliphatic heterocycles. The molecule has 0 radical (unpaired) electrons. The number of aromatic nitrogens is 2. The van der Waals surface area contributed by atoms with E-state index in [0.717, 1.165) is 0 Å². The highest BCUT2D eigenvalue weighted by atomic mass is 19.3. The molecule has 1 aliphatic rings. The summed E-state index contributed by atoms with van der Waals surface area (Å²) in [6.07, 6.45) is 0.465. The van der Waals surface area contributed by atoms with Gasteiger partial charge in [0.25, 0.3) is 5.92 Å². The van der Waals surface area contributed by atoms with Gasteiger partial charge in [0.15, 0.2) is 6.29 Å². The van der Waals surface area contributed by atoms with E-state index in [4.69, 9.17) is 0 Å². The van der Waals surface area contributed by atoms with Gasteiger partial charge in [-0.15, -0.1) is 0 Å². The highest BCUT2D eigenvalue weighted by Crippen LogP contribution is 2.42. The first-order valence-electron chi connectivity index (χ1n) is 3.95. The predicted octanol–water partition coefficient (Wildman–Crippen LogP) is 1.27. The van der Waals surface area contributed by atoms with Gasteiger partial charge >= 0.3 is 0 Å². The van der Waals surface area contributed by atoms with Gasteiger partial charge in [-0.2, -0.15) is 5.10 Å². The van der Waals surface area contributed by atoms with Crippen LogP contribution in [0.4, 0.5) is 8.78 Å². The Bertz CT molecular complexity index is 370. The average Bonchev–Trinajstić information content (AvgIpc) is 2.53. The first-order chi connectivity index (χ1) is 6.06. The number of alkyl halides is 2. The largest absolute Gasteiger partial charge is 0.296 e. The number of halogens is 2. The van der Waals surface area contributed by atoms with Crippen molar-refractivity contribution in [3.05, 3.63) is 17.0 Å². The lowest BCUT2D eigenvalue weighted by atomic mass is 10.1. The summed E-state index contributed by atoms with van der Waals surface area (Å²) in [5.74, 6) is -2.88. The molecule has 1 aromatic heterocycles. The van der Waals surface area contributed by atoms with Crippen molar-refractivity contribution in [2.24, 2.45) is 7.05 Å². The SMILES string of the molecule is Cn1nc(C=O)c2c1CCC2(F)F. The Morgan fingerprint density at radius 1 is 1.62 bits per heavy atom. The fraction of sp³-hybridized carbons (Fsp3) is 0.500. The number of hydrogen-bond donors (Lipinski definition) is 0. The molecule has 70 valence electrons. The van der Waals surface area contributed by atoms with E-state index in [1.807, 2.05) is 0 Å². The third-order valence-corrected chi connectivity index (χ3v) is 2.35. The molecule has 1 heterocycles. The topological polar surface area (TPSA) is 34.9 Å². The van der Waals surface area contributed by atoms with Crippen LogP contribution in [0, 0.1) is 0 Å². The molecule has 0 unspecified atom stereocenters. The van der Waals surface area contributed by atoms with Crippen LogP contribution in [0.1, 0.15) is 28.2 Å². The van der Waals surface area contributed by atoms with Crippen LogP contribution >= 0.6 is 0 Å². The van der Waals surface area contributed by atoms with Gasteiger partial charge in [-0.25, -0.2) is 8.78 Å². The van der Waals surface area contributed by atoms with Gasteiger partial charge in [0, 0.05) is 19.2 Å². The van der Waals surface area contributed by atoms with Crippen molar-refractivity contribution in [1.29, 1.82) is 0 Å². The van der Waals surface area contributed by atoms with Gasteiger partial charge < -0.3 is 0 Å². The predicted molar refractivity (Wildman–Crippen MR) is 40.8 cm³/mol. The van der Waals surface area contributed by atoms with Crippen LogP contribution in [0.2, 0.25) is 0 Å². The van der Waals surface area contributed by atoms with Crippen LogP contribution in [0.3, 0.4) is 0 Å². The van der Waals surface area contributed by atoms with E-state index in [-0.39, 0.29) is 17.7 Å². The monoisotopic (exact) mass is 186 g/mol. The highest BCUT2D eigenvalue weighted by molar-refractivity contribution is 5.75. The maximum atomic E-state index is 13.2. The van der Waals surface area contributed by atoms with Crippen molar-refractivity contribution in [3.63, 3.8) is 0 Å². The van der Waals surface area contributed by atoms with Gasteiger partial charge in [0.1, 0.15) is 5.69 Å². The Labute approximate surface area is 73.4 Å². The van der Waals surface area contributed by atoms with E-state index in [1.165, 1.54) is 4.68 Å². The van der Waals surface area contributed by atoms with Crippen molar-refractivity contribution in [2.75, 3.05) is 0 Å². The van der Waals surface area contributed by atoms with Gasteiger partial charge in [-0.3, -0.25) is 9.48 Å². The van der Waals surface area contributed by atoms with E-state index in [9.17, 15) is 13.6 Å². The van der Waals surface area contributed by atoms with Crippen molar-refractivity contribution in [2.45, 2.75) is 18.8 Å². The minimum atomic E-state index is -2.88. The van der Waals surface area contributed by atoms with Gasteiger partial charge in [0.05, 0.1) is 5.56 Å². The Balaban J connectivity index is 2.67. The molecule has 0 aromatic carbocycles. The summed E-state index contributed by atoms with van der Waals surface area (Å²) in [6.45, 7) is 0. The summed E-state index contributed by atoms with van der Waals surface area (Å²) in [5, 5.41) is 3.71. The second kappa shape index (κ2) is 2.37. The zero-order valence-electron chi connectivity index (χ0n) is 7.05. The number of carbonyl (C=O) groups is 1. The van der Waals surface area contributed by atoms with Crippen molar-refractivity contribution >= 4 is 6.29 Å². The molecule has 2 rings (SSSR count). The lowest BCUT2D eigenvalue weighted by molar-refractivity contribution is -0.00257. The zero-order valence-corrected chi connectivity index (χ0v) is 7.05. The summed E-state index contributed by atoms with van der Waals surface area (Å²) >= 11 is 0. The quantitative estimate of drug-likeness (QED) is 0.619. The van der Waals surface area contributed by atoms with Crippen molar-refractivity contribution in [1.82, 2.24) is 9.78 Å². The standard InChI is InChI=1S/C8H8F2N2O/c1-12-6-2-3-8(9,10)7(6)5(4-13)11-12/h4H,2-3H2,1H3. The summed E-state index contributed by atoms with van der Waals surface area (Å²) in [7, 11) is 1.58. The molecular weight excluding hydrogens is 178 g/mol.